The minimum absolute atomic E-state index is 0.105. The number of ether oxygens (including phenoxy) is 4. The smallest absolute Gasteiger partial charge is 0.462 e. The average molecular weight is 1350 g/mol. The first-order chi connectivity index (χ1) is 44.2. The minimum Gasteiger partial charge on any atom is -0.462 e. The Bertz CT molecular complexity index is 1800. The first kappa shape index (κ1) is 90.1. The lowest BCUT2D eigenvalue weighted by molar-refractivity contribution is -0.161. The average Bonchev–Trinajstić information content (AvgIpc) is 3.19. The third kappa shape index (κ3) is 66.7. The molecule has 0 aromatic carbocycles. The highest BCUT2D eigenvalue weighted by Crippen LogP contribution is 2.45. The van der Waals surface area contributed by atoms with Gasteiger partial charge in [0.05, 0.1) is 26.4 Å². The molecule has 0 bridgehead atoms. The van der Waals surface area contributed by atoms with Crippen molar-refractivity contribution >= 4 is 39.5 Å². The Morgan fingerprint density at radius 3 is 0.739 bits per heavy atom. The van der Waals surface area contributed by atoms with Crippen molar-refractivity contribution < 1.29 is 80.2 Å². The van der Waals surface area contributed by atoms with Gasteiger partial charge in [0.1, 0.15) is 19.3 Å². The zero-order chi connectivity index (χ0) is 68.0. The number of hydrogen-bond donors (Lipinski definition) is 3. The second-order valence-corrected chi connectivity index (χ2v) is 30.7. The van der Waals surface area contributed by atoms with E-state index in [2.05, 4.69) is 48.5 Å². The summed E-state index contributed by atoms with van der Waals surface area (Å²) >= 11 is 0. The van der Waals surface area contributed by atoms with Crippen molar-refractivity contribution in [3.05, 3.63) is 0 Å². The highest BCUT2D eigenvalue weighted by molar-refractivity contribution is 7.47. The van der Waals surface area contributed by atoms with Gasteiger partial charge in [-0.1, -0.05) is 318 Å². The van der Waals surface area contributed by atoms with Crippen LogP contribution in [0, 0.1) is 17.8 Å². The molecule has 0 heterocycles. The van der Waals surface area contributed by atoms with Gasteiger partial charge in [-0.25, -0.2) is 9.13 Å². The summed E-state index contributed by atoms with van der Waals surface area (Å²) in [5.74, 6) is 0.107. The van der Waals surface area contributed by atoms with E-state index in [4.69, 9.17) is 37.0 Å². The molecule has 2 unspecified atom stereocenters. The van der Waals surface area contributed by atoms with Crippen molar-refractivity contribution in [1.82, 2.24) is 0 Å². The molecule has 3 N–H and O–H groups in total. The number of unbranched alkanes of at least 4 members (excludes halogenated alkanes) is 39. The molecule has 546 valence electrons. The summed E-state index contributed by atoms with van der Waals surface area (Å²) in [6, 6.07) is 0. The fourth-order valence-corrected chi connectivity index (χ4v) is 12.7. The van der Waals surface area contributed by atoms with E-state index in [1.807, 2.05) is 0 Å². The Labute approximate surface area is 562 Å². The van der Waals surface area contributed by atoms with E-state index in [-0.39, 0.29) is 25.7 Å². The molecule has 0 saturated carbocycles. The second kappa shape index (κ2) is 63.8. The maximum Gasteiger partial charge on any atom is 0.472 e. The number of carbonyl (C=O) groups excluding carboxylic acids is 4. The van der Waals surface area contributed by atoms with E-state index in [1.165, 1.54) is 173 Å². The van der Waals surface area contributed by atoms with Gasteiger partial charge in [0.15, 0.2) is 12.2 Å². The molecule has 0 aliphatic rings. The van der Waals surface area contributed by atoms with Crippen molar-refractivity contribution in [1.29, 1.82) is 0 Å². The molecule has 0 amide bonds. The lowest BCUT2D eigenvalue weighted by atomic mass is 10.0. The number of aliphatic hydroxyl groups is 1. The first-order valence-corrected chi connectivity index (χ1v) is 40.8. The third-order valence-electron chi connectivity index (χ3n) is 16.9. The summed E-state index contributed by atoms with van der Waals surface area (Å²) in [6.07, 6.45) is 48.6. The molecule has 5 atom stereocenters. The predicted octanol–water partition coefficient (Wildman–Crippen LogP) is 21.0. The van der Waals surface area contributed by atoms with E-state index >= 15 is 0 Å². The predicted molar refractivity (Wildman–Crippen MR) is 372 cm³/mol. The summed E-state index contributed by atoms with van der Waals surface area (Å²) in [4.78, 5) is 72.7. The number of phosphoric acid groups is 2. The van der Waals surface area contributed by atoms with Crippen LogP contribution in [0.25, 0.3) is 0 Å². The van der Waals surface area contributed by atoms with Crippen LogP contribution in [0.4, 0.5) is 0 Å². The van der Waals surface area contributed by atoms with Gasteiger partial charge in [-0.3, -0.25) is 37.3 Å². The van der Waals surface area contributed by atoms with Crippen molar-refractivity contribution in [3.8, 4) is 0 Å². The van der Waals surface area contributed by atoms with Crippen molar-refractivity contribution in [2.45, 2.75) is 388 Å². The van der Waals surface area contributed by atoms with Gasteiger partial charge in [-0.05, 0) is 43.4 Å². The molecule has 0 fully saturated rings. The van der Waals surface area contributed by atoms with Crippen LogP contribution in [-0.2, 0) is 65.4 Å². The molecule has 0 aliphatic carbocycles. The molecule has 0 aliphatic heterocycles. The number of carbonyl (C=O) groups is 4. The van der Waals surface area contributed by atoms with Crippen LogP contribution in [0.1, 0.15) is 370 Å². The number of hydrogen-bond acceptors (Lipinski definition) is 15. The highest BCUT2D eigenvalue weighted by Gasteiger charge is 2.30. The monoisotopic (exact) mass is 1350 g/mol. The number of aliphatic hydroxyl groups excluding tert-OH is 1. The highest BCUT2D eigenvalue weighted by atomic mass is 31.2. The van der Waals surface area contributed by atoms with Gasteiger partial charge in [0, 0.05) is 25.7 Å². The molecule has 92 heavy (non-hydrogen) atoms. The van der Waals surface area contributed by atoms with Crippen LogP contribution < -0.4 is 0 Å². The molecular weight excluding hydrogens is 1210 g/mol. The van der Waals surface area contributed by atoms with E-state index < -0.39 is 97.5 Å². The number of rotatable bonds is 71. The van der Waals surface area contributed by atoms with Gasteiger partial charge in [-0.15, -0.1) is 0 Å². The van der Waals surface area contributed by atoms with Gasteiger partial charge in [0.2, 0.25) is 0 Å². The van der Waals surface area contributed by atoms with E-state index in [0.717, 1.165) is 108 Å². The summed E-state index contributed by atoms with van der Waals surface area (Å²) in [6.45, 7) is 11.8. The zero-order valence-electron chi connectivity index (χ0n) is 60.0. The Kier molecular flexibility index (Phi) is 62.4. The Hall–Kier alpha value is -1.94. The van der Waals surface area contributed by atoms with E-state index in [9.17, 15) is 43.2 Å². The molecule has 0 rings (SSSR count). The summed E-state index contributed by atoms with van der Waals surface area (Å²) < 4.78 is 68.4. The Morgan fingerprint density at radius 2 is 0.500 bits per heavy atom. The first-order valence-electron chi connectivity index (χ1n) is 37.8. The van der Waals surface area contributed by atoms with Crippen molar-refractivity contribution in [3.63, 3.8) is 0 Å². The van der Waals surface area contributed by atoms with Gasteiger partial charge in [-0.2, -0.15) is 0 Å². The van der Waals surface area contributed by atoms with E-state index in [0.29, 0.717) is 31.6 Å². The fraction of sp³-hybridized carbons (Fsp3) is 0.945. The zero-order valence-corrected chi connectivity index (χ0v) is 61.8. The molecule has 0 aromatic rings. The van der Waals surface area contributed by atoms with Crippen LogP contribution >= 0.6 is 15.6 Å². The van der Waals surface area contributed by atoms with E-state index in [1.54, 1.807) is 0 Å². The molecule has 0 spiro atoms. The van der Waals surface area contributed by atoms with Gasteiger partial charge >= 0.3 is 39.5 Å². The largest absolute Gasteiger partial charge is 0.472 e. The molecule has 0 aromatic heterocycles. The van der Waals surface area contributed by atoms with Gasteiger partial charge in [0.25, 0.3) is 0 Å². The van der Waals surface area contributed by atoms with Crippen molar-refractivity contribution in [2.24, 2.45) is 17.8 Å². The van der Waals surface area contributed by atoms with Gasteiger partial charge < -0.3 is 33.8 Å². The lowest BCUT2D eigenvalue weighted by Gasteiger charge is -2.21. The maximum absolute atomic E-state index is 13.1. The van der Waals surface area contributed by atoms with Crippen LogP contribution in [-0.4, -0.2) is 96.7 Å². The molecule has 0 saturated heterocycles. The fourth-order valence-electron chi connectivity index (χ4n) is 11.1. The van der Waals surface area contributed by atoms with Crippen LogP contribution in [0.15, 0.2) is 0 Å². The quantitative estimate of drug-likeness (QED) is 0.0222. The number of phosphoric ester groups is 2. The normalized spacial score (nSPS) is 14.1. The second-order valence-electron chi connectivity index (χ2n) is 27.8. The molecular formula is C73H142O17P2. The minimum atomic E-state index is -4.95. The SMILES string of the molecule is CCCCCCCCCCCCCCCCCC(=O)O[C@H](COC(=O)CCCCCCCCCCCCCC(C)C)COP(=O)(O)OC[C@@H](O)COP(=O)(O)OC[C@@H](COC(=O)CCCCCCCCCC(C)C)OC(=O)CCCCCCCCCCCCC(C)C. The Morgan fingerprint density at radius 1 is 0.293 bits per heavy atom. The summed E-state index contributed by atoms with van der Waals surface area (Å²) in [5, 5.41) is 10.6. The molecule has 19 heteroatoms. The third-order valence-corrected chi connectivity index (χ3v) is 18.8. The van der Waals surface area contributed by atoms with Crippen LogP contribution in [0.2, 0.25) is 0 Å². The van der Waals surface area contributed by atoms with Crippen LogP contribution in [0.5, 0.6) is 0 Å². The number of esters is 4. The Balaban J connectivity index is 5.26. The molecule has 0 radical (unpaired) electrons. The van der Waals surface area contributed by atoms with Crippen LogP contribution in [0.3, 0.4) is 0 Å². The van der Waals surface area contributed by atoms with Crippen molar-refractivity contribution in [2.75, 3.05) is 39.6 Å². The summed E-state index contributed by atoms with van der Waals surface area (Å²) in [5.41, 5.74) is 0. The standard InChI is InChI=1S/C73H142O17P2/c1-8-9-10-11-12-13-14-15-16-17-20-27-34-42-49-56-72(77)89-68(60-83-70(75)54-47-40-33-26-21-18-19-24-30-37-44-51-64(2)3)62-87-91(79,80)85-58-67(74)59-86-92(81,82)88-63-69(61-84-71(76)55-48-41-36-29-32-39-46-53-66(6)7)90-73(78)57-50-43-35-28-23-22-25-31-38-45-52-65(4)5/h64-69,74H,8-63H2,1-7H3,(H,79,80)(H,81,82)/t67-,68-,69-/m1/s1. The molecule has 17 nitrogen and oxygen atoms in total. The topological polar surface area (TPSA) is 237 Å². The summed E-state index contributed by atoms with van der Waals surface area (Å²) in [7, 11) is -9.91. The lowest BCUT2D eigenvalue weighted by Crippen LogP contribution is -2.30. The maximum atomic E-state index is 13.1.